The van der Waals surface area contributed by atoms with Gasteiger partial charge in [-0.1, -0.05) is 30.3 Å². The third-order valence-corrected chi connectivity index (χ3v) is 10.4. The molecule has 0 radical (unpaired) electrons. The highest BCUT2D eigenvalue weighted by Gasteiger charge is 2.52. The lowest BCUT2D eigenvalue weighted by Crippen LogP contribution is -2.81. The van der Waals surface area contributed by atoms with Gasteiger partial charge in [0.2, 0.25) is 5.78 Å². The summed E-state index contributed by atoms with van der Waals surface area (Å²) in [6.45, 7) is 0. The Morgan fingerprint density at radius 2 is 0.635 bits per heavy atom. The number of nitrogens with zero attached hydrogens (tertiary/aromatic N) is 6. The molecule has 7 nitrogen and oxygen atoms in total. The van der Waals surface area contributed by atoms with Crippen LogP contribution in [0.5, 0.6) is 0 Å². The summed E-state index contributed by atoms with van der Waals surface area (Å²) < 4.78 is 294. The largest absolute Gasteiger partial charge is 0.289 e. The topological polar surface area (TPSA) is 115 Å². The van der Waals surface area contributed by atoms with Crippen molar-refractivity contribution in [1.82, 2.24) is 0 Å². The van der Waals surface area contributed by atoms with E-state index in [9.17, 15) is 57.5 Å². The van der Waals surface area contributed by atoms with Crippen LogP contribution < -0.4 is 21.9 Å². The van der Waals surface area contributed by atoms with Gasteiger partial charge in [0.1, 0.15) is 52.7 Å². The Morgan fingerprint density at radius 3 is 0.857 bits per heavy atom. The Bertz CT molecular complexity index is 2370. The zero-order valence-electron chi connectivity index (χ0n) is 29.6. The minimum atomic E-state index is -7.22. The van der Waals surface area contributed by atoms with Crippen LogP contribution in [0.15, 0.2) is 40.6 Å². The second-order valence-electron chi connectivity index (χ2n) is 12.1. The Hall–Kier alpha value is -6.60. The van der Waals surface area contributed by atoms with Gasteiger partial charge in [0.05, 0.1) is 0 Å². The number of azide groups is 2. The van der Waals surface area contributed by atoms with E-state index in [1.807, 2.05) is 6.07 Å². The summed E-state index contributed by atoms with van der Waals surface area (Å²) in [6.07, 6.45) is -7.22. The molecule has 0 unspecified atom stereocenters. The number of ketones is 1. The number of rotatable bonds is 11. The molecule has 0 bridgehead atoms. The molecule has 0 saturated carbocycles. The SMILES string of the molecule is Fc1c(F)c(F)c([B-](c2c(F)c(F)c(F)c(F)c2F)(c2c(F)c(F)c(F)c(F)c2F)c2c(F)c(F)c(F)c(F)c2F)c(F)c1F.[N-]=[N+]=NC[S+](CN=[N+]=[N-])CC(=O)c1ccccc1. The molecule has 0 N–H and O–H groups in total. The van der Waals surface area contributed by atoms with Crippen molar-refractivity contribution in [2.45, 2.75) is 0 Å². The number of Topliss-reactive ketones (excluding diaryl/α,β-unsaturated/α-hetero) is 1. The fourth-order valence-electron chi connectivity index (χ4n) is 6.11. The Labute approximate surface area is 338 Å². The molecule has 0 aliphatic rings. The lowest BCUT2D eigenvalue weighted by Gasteiger charge is -2.44. The maximum atomic E-state index is 15.4. The second-order valence-corrected chi connectivity index (χ2v) is 14.1. The van der Waals surface area contributed by atoms with Gasteiger partial charge in [-0.3, -0.25) is 4.79 Å². The van der Waals surface area contributed by atoms with E-state index < -0.39 is 155 Å². The third kappa shape index (κ3) is 8.37. The van der Waals surface area contributed by atoms with Gasteiger partial charge in [-0.05, 0) is 21.3 Å². The number of hydrogen-bond donors (Lipinski definition) is 0. The van der Waals surface area contributed by atoms with Crippen LogP contribution in [0.1, 0.15) is 10.4 Å². The van der Waals surface area contributed by atoms with E-state index in [0.29, 0.717) is 5.56 Å². The van der Waals surface area contributed by atoms with Crippen molar-refractivity contribution in [3.63, 3.8) is 0 Å². The van der Waals surface area contributed by atoms with Gasteiger partial charge in [-0.2, -0.15) is 0 Å². The Kier molecular flexibility index (Phi) is 15.0. The highest BCUT2D eigenvalue weighted by atomic mass is 32.2. The number of benzene rings is 5. The molecule has 0 aromatic heterocycles. The quantitative estimate of drug-likeness (QED) is 0.0149. The molecule has 332 valence electrons. The van der Waals surface area contributed by atoms with Crippen molar-refractivity contribution in [3.05, 3.63) is 173 Å². The smallest absolute Gasteiger partial charge is 0.211 e. The average Bonchev–Trinajstić information content (AvgIpc) is 3.27. The fourth-order valence-corrected chi connectivity index (χ4v) is 7.35. The maximum absolute atomic E-state index is 15.4. The Morgan fingerprint density at radius 1 is 0.413 bits per heavy atom. The van der Waals surface area contributed by atoms with Crippen LogP contribution in [0.2, 0.25) is 0 Å². The number of hydrogen-bond acceptors (Lipinski definition) is 3. The summed E-state index contributed by atoms with van der Waals surface area (Å²) in [5, 5.41) is 6.86. The molecule has 0 saturated heterocycles. The van der Waals surface area contributed by atoms with Gasteiger partial charge in [-0.25, -0.2) is 87.8 Å². The van der Waals surface area contributed by atoms with Crippen LogP contribution in [0.4, 0.5) is 87.8 Å². The molecule has 63 heavy (non-hydrogen) atoms. The van der Waals surface area contributed by atoms with E-state index in [1.54, 1.807) is 24.3 Å². The molecule has 5 aromatic carbocycles. The summed E-state index contributed by atoms with van der Waals surface area (Å²) in [5.74, 6) is -70.9. The monoisotopic (exact) mass is 942 g/mol. The molecular formula is C34H11BF20N6OS. The first kappa shape index (κ1) is 49.1. The molecule has 0 aliphatic carbocycles. The molecule has 0 amide bonds. The minimum absolute atomic E-state index is 0.0415. The highest BCUT2D eigenvalue weighted by molar-refractivity contribution is 7.97. The first-order valence-corrected chi connectivity index (χ1v) is 17.7. The average molecular weight is 942 g/mol. The van der Waals surface area contributed by atoms with Crippen LogP contribution in [0.3, 0.4) is 0 Å². The van der Waals surface area contributed by atoms with E-state index in [4.69, 9.17) is 11.1 Å². The van der Waals surface area contributed by atoms with Crippen molar-refractivity contribution >= 4 is 44.7 Å². The summed E-state index contributed by atoms with van der Waals surface area (Å²) in [6, 6.07) is 8.85. The van der Waals surface area contributed by atoms with Crippen molar-refractivity contribution in [2.75, 3.05) is 17.5 Å². The summed E-state index contributed by atoms with van der Waals surface area (Å²) in [7, 11) is -0.545. The molecule has 29 heteroatoms. The molecule has 5 rings (SSSR count). The van der Waals surface area contributed by atoms with Gasteiger partial charge in [0.25, 0.3) is 0 Å². The van der Waals surface area contributed by atoms with E-state index in [2.05, 4.69) is 20.1 Å². The van der Waals surface area contributed by atoms with E-state index in [0.717, 1.165) is 0 Å². The van der Waals surface area contributed by atoms with Gasteiger partial charge in [0, 0.05) is 26.3 Å². The van der Waals surface area contributed by atoms with Gasteiger partial charge >= 0.3 is 0 Å². The summed E-state index contributed by atoms with van der Waals surface area (Å²) in [5.41, 5.74) is 2.81. The van der Waals surface area contributed by atoms with Gasteiger partial charge < -0.3 is 0 Å². The van der Waals surface area contributed by atoms with Crippen molar-refractivity contribution in [2.24, 2.45) is 10.2 Å². The van der Waals surface area contributed by atoms with Gasteiger partial charge in [0.15, 0.2) is 87.3 Å². The molecular weight excluding hydrogens is 931 g/mol. The van der Waals surface area contributed by atoms with Crippen LogP contribution in [-0.4, -0.2) is 29.4 Å². The zero-order valence-corrected chi connectivity index (χ0v) is 30.5. The van der Waals surface area contributed by atoms with E-state index in [-0.39, 0.29) is 23.3 Å². The highest BCUT2D eigenvalue weighted by Crippen LogP contribution is 2.30. The maximum Gasteiger partial charge on any atom is 0.211 e. The predicted molar refractivity (Wildman–Crippen MR) is 180 cm³/mol. The van der Waals surface area contributed by atoms with Crippen LogP contribution in [0.25, 0.3) is 20.9 Å². The number of halogens is 20. The number of carbonyl (C=O) groups excluding carboxylic acids is 1. The van der Waals surface area contributed by atoms with Gasteiger partial charge in [-0.15, -0.1) is 21.9 Å². The standard InChI is InChI=1S/C24BF20.C10H11N6OS/c26-5-1(6(27)14(35)21(42)13(5)34)25(2-7(28)15(36)22(43)16(37)8(2)29,3-9(30)17(38)23(44)18(39)10(3)31)4-11(32)19(40)24(45)20(41)12(4)33;11-15-13-7-18(8-14-16-12)6-10(17)9-4-2-1-3-5-9/h;1-5H,6-8H2/q-1;+1. The minimum Gasteiger partial charge on any atom is -0.289 e. The number of carbonyl (C=O) groups is 1. The molecule has 5 aromatic rings. The molecule has 0 fully saturated rings. The zero-order chi connectivity index (χ0) is 47.6. The lowest BCUT2D eigenvalue weighted by molar-refractivity contribution is 0.102. The van der Waals surface area contributed by atoms with Crippen LogP contribution >= 0.6 is 0 Å². The summed E-state index contributed by atoms with van der Waals surface area (Å²) in [4.78, 5) is 17.2. The van der Waals surface area contributed by atoms with E-state index >= 15 is 35.1 Å². The Balaban J connectivity index is 0.000000405. The van der Waals surface area contributed by atoms with Crippen LogP contribution in [0, 0.1) is 116 Å². The molecule has 0 heterocycles. The van der Waals surface area contributed by atoms with Crippen LogP contribution in [-0.2, 0) is 10.9 Å². The molecule has 0 atom stereocenters. The van der Waals surface area contributed by atoms with E-state index in [1.165, 1.54) is 0 Å². The molecule has 0 aliphatic heterocycles. The van der Waals surface area contributed by atoms with Crippen molar-refractivity contribution in [1.29, 1.82) is 0 Å². The fraction of sp³-hybridized carbons (Fsp3) is 0.0882. The summed E-state index contributed by atoms with van der Waals surface area (Å²) >= 11 is 0. The third-order valence-electron chi connectivity index (χ3n) is 8.75. The molecule has 0 spiro atoms. The first-order valence-electron chi connectivity index (χ1n) is 16.0. The first-order chi connectivity index (χ1) is 29.5. The normalized spacial score (nSPS) is 11.7. The lowest BCUT2D eigenvalue weighted by atomic mass is 9.12. The predicted octanol–water partition coefficient (Wildman–Crippen LogP) is 8.87. The second kappa shape index (κ2) is 19.2. The van der Waals surface area contributed by atoms with Crippen molar-refractivity contribution < 1.29 is 92.6 Å². The van der Waals surface area contributed by atoms with Crippen molar-refractivity contribution in [3.8, 4) is 0 Å².